The number of piperidine rings is 1. The first-order valence-electron chi connectivity index (χ1n) is 7.41. The van der Waals surface area contributed by atoms with Crippen LogP contribution in [0.15, 0.2) is 12.4 Å². The molecule has 1 aliphatic heterocycles. The predicted molar refractivity (Wildman–Crippen MR) is 76.6 cm³/mol. The van der Waals surface area contributed by atoms with Crippen LogP contribution in [0.3, 0.4) is 0 Å². The zero-order valence-corrected chi connectivity index (χ0v) is 12.4. The molecule has 1 N–H and O–H groups in total. The van der Waals surface area contributed by atoms with Crippen LogP contribution in [0.5, 0.6) is 0 Å². The van der Waals surface area contributed by atoms with Crippen LogP contribution in [0, 0.1) is 6.92 Å². The van der Waals surface area contributed by atoms with Crippen molar-refractivity contribution in [3.63, 3.8) is 0 Å². The molecule has 0 spiro atoms. The van der Waals surface area contributed by atoms with E-state index in [1.165, 1.54) is 0 Å². The number of nitrogens with zero attached hydrogens (tertiary/aromatic N) is 5. The SMILES string of the molecule is CCn1cc(C(=O)N2CCCC[C@H]2c2n[nH]c(C)n2)cn1. The van der Waals surface area contributed by atoms with E-state index in [0.717, 1.165) is 38.2 Å². The van der Waals surface area contributed by atoms with E-state index in [1.54, 1.807) is 17.1 Å². The maximum Gasteiger partial charge on any atom is 0.257 e. The third kappa shape index (κ3) is 2.68. The Bertz CT molecular complexity index is 631. The van der Waals surface area contributed by atoms with Gasteiger partial charge in [0.2, 0.25) is 0 Å². The minimum Gasteiger partial charge on any atom is -0.328 e. The topological polar surface area (TPSA) is 79.7 Å². The van der Waals surface area contributed by atoms with Crippen LogP contribution in [-0.2, 0) is 6.54 Å². The van der Waals surface area contributed by atoms with Gasteiger partial charge in [-0.25, -0.2) is 4.98 Å². The van der Waals surface area contributed by atoms with Gasteiger partial charge >= 0.3 is 0 Å². The Labute approximate surface area is 123 Å². The number of H-pyrrole nitrogens is 1. The van der Waals surface area contributed by atoms with Gasteiger partial charge in [0.05, 0.1) is 17.8 Å². The van der Waals surface area contributed by atoms with Gasteiger partial charge in [0.1, 0.15) is 5.82 Å². The van der Waals surface area contributed by atoms with Crippen molar-refractivity contribution in [3.05, 3.63) is 29.6 Å². The highest BCUT2D eigenvalue weighted by molar-refractivity contribution is 5.94. The number of rotatable bonds is 3. The summed E-state index contributed by atoms with van der Waals surface area (Å²) in [4.78, 5) is 19.0. The Morgan fingerprint density at radius 3 is 3.00 bits per heavy atom. The van der Waals surface area contributed by atoms with Gasteiger partial charge in [-0.05, 0) is 33.1 Å². The van der Waals surface area contributed by atoms with Crippen molar-refractivity contribution in [2.24, 2.45) is 0 Å². The lowest BCUT2D eigenvalue weighted by Crippen LogP contribution is -2.38. The first-order valence-corrected chi connectivity index (χ1v) is 7.41. The largest absolute Gasteiger partial charge is 0.328 e. The van der Waals surface area contributed by atoms with E-state index in [1.807, 2.05) is 18.7 Å². The van der Waals surface area contributed by atoms with Gasteiger partial charge in [-0.1, -0.05) is 0 Å². The highest BCUT2D eigenvalue weighted by atomic mass is 16.2. The second-order valence-corrected chi connectivity index (χ2v) is 5.37. The third-order valence-corrected chi connectivity index (χ3v) is 3.88. The molecule has 21 heavy (non-hydrogen) atoms. The van der Waals surface area contributed by atoms with E-state index in [-0.39, 0.29) is 11.9 Å². The molecular formula is C14H20N6O. The number of hydrogen-bond acceptors (Lipinski definition) is 4. The number of aryl methyl sites for hydroxylation is 2. The molecule has 3 rings (SSSR count). The van der Waals surface area contributed by atoms with Crippen LogP contribution in [0.1, 0.15) is 54.2 Å². The average Bonchev–Trinajstić information content (AvgIpc) is 3.15. The van der Waals surface area contributed by atoms with Crippen molar-refractivity contribution in [2.45, 2.75) is 45.7 Å². The van der Waals surface area contributed by atoms with Crippen LogP contribution in [0.25, 0.3) is 0 Å². The summed E-state index contributed by atoms with van der Waals surface area (Å²) >= 11 is 0. The predicted octanol–water partition coefficient (Wildman–Crippen LogP) is 1.70. The highest BCUT2D eigenvalue weighted by Crippen LogP contribution is 2.30. The smallest absolute Gasteiger partial charge is 0.257 e. The molecule has 7 nitrogen and oxygen atoms in total. The lowest BCUT2D eigenvalue weighted by Gasteiger charge is -2.33. The Balaban J connectivity index is 1.85. The van der Waals surface area contributed by atoms with E-state index in [2.05, 4.69) is 20.3 Å². The van der Waals surface area contributed by atoms with Crippen molar-refractivity contribution in [1.29, 1.82) is 0 Å². The van der Waals surface area contributed by atoms with Gasteiger partial charge in [-0.15, -0.1) is 0 Å². The van der Waals surface area contributed by atoms with E-state index in [0.29, 0.717) is 11.4 Å². The van der Waals surface area contributed by atoms with Gasteiger partial charge in [0.15, 0.2) is 5.82 Å². The van der Waals surface area contributed by atoms with Gasteiger partial charge in [-0.3, -0.25) is 14.6 Å². The minimum absolute atomic E-state index is 0.0156. The molecule has 112 valence electrons. The molecule has 1 aliphatic rings. The van der Waals surface area contributed by atoms with Crippen LogP contribution in [-0.4, -0.2) is 42.3 Å². The summed E-state index contributed by atoms with van der Waals surface area (Å²) in [5.74, 6) is 1.51. The number of likely N-dealkylation sites (tertiary alicyclic amines) is 1. The second-order valence-electron chi connectivity index (χ2n) is 5.37. The highest BCUT2D eigenvalue weighted by Gasteiger charge is 2.31. The van der Waals surface area contributed by atoms with Crippen molar-refractivity contribution in [1.82, 2.24) is 29.9 Å². The number of hydrogen-bond donors (Lipinski definition) is 1. The summed E-state index contributed by atoms with van der Waals surface area (Å²) < 4.78 is 1.77. The van der Waals surface area contributed by atoms with E-state index < -0.39 is 0 Å². The Morgan fingerprint density at radius 1 is 1.48 bits per heavy atom. The molecule has 1 fully saturated rings. The maximum absolute atomic E-state index is 12.7. The summed E-state index contributed by atoms with van der Waals surface area (Å²) in [5, 5.41) is 11.3. The number of carbonyl (C=O) groups is 1. The van der Waals surface area contributed by atoms with E-state index in [4.69, 9.17) is 0 Å². The Kier molecular flexibility index (Phi) is 3.72. The monoisotopic (exact) mass is 288 g/mol. The molecule has 0 radical (unpaired) electrons. The lowest BCUT2D eigenvalue weighted by molar-refractivity contribution is 0.0600. The quantitative estimate of drug-likeness (QED) is 0.932. The standard InChI is InChI=1S/C14H20N6O/c1-3-19-9-11(8-15-19)14(21)20-7-5-4-6-12(20)13-16-10(2)17-18-13/h8-9,12H,3-7H2,1-2H3,(H,16,17,18)/t12-/m0/s1. The van der Waals surface area contributed by atoms with Crippen LogP contribution in [0.2, 0.25) is 0 Å². The first kappa shape index (κ1) is 13.8. The second kappa shape index (κ2) is 5.67. The fourth-order valence-electron chi connectivity index (χ4n) is 2.76. The molecule has 0 bridgehead atoms. The molecule has 0 aliphatic carbocycles. The summed E-state index contributed by atoms with van der Waals surface area (Å²) in [7, 11) is 0. The fourth-order valence-corrected chi connectivity index (χ4v) is 2.76. The fraction of sp³-hybridized carbons (Fsp3) is 0.571. The van der Waals surface area contributed by atoms with E-state index in [9.17, 15) is 4.79 Å². The molecule has 3 heterocycles. The third-order valence-electron chi connectivity index (χ3n) is 3.88. The number of carbonyl (C=O) groups excluding carboxylic acids is 1. The number of aromatic nitrogens is 5. The van der Waals surface area contributed by atoms with Crippen molar-refractivity contribution in [3.8, 4) is 0 Å². The van der Waals surface area contributed by atoms with E-state index >= 15 is 0 Å². The summed E-state index contributed by atoms with van der Waals surface area (Å²) in [5.41, 5.74) is 0.635. The summed E-state index contributed by atoms with van der Waals surface area (Å²) in [6.07, 6.45) is 6.46. The maximum atomic E-state index is 12.7. The first-order chi connectivity index (χ1) is 10.2. The molecular weight excluding hydrogens is 268 g/mol. The number of nitrogens with one attached hydrogen (secondary N) is 1. The zero-order chi connectivity index (χ0) is 14.8. The number of amides is 1. The normalized spacial score (nSPS) is 19.0. The van der Waals surface area contributed by atoms with Gasteiger partial charge in [-0.2, -0.15) is 10.2 Å². The lowest BCUT2D eigenvalue weighted by atomic mass is 10.0. The Hall–Kier alpha value is -2.18. The van der Waals surface area contributed by atoms with Crippen molar-refractivity contribution >= 4 is 5.91 Å². The van der Waals surface area contributed by atoms with Crippen LogP contribution < -0.4 is 0 Å². The molecule has 1 amide bonds. The number of aromatic amines is 1. The molecule has 1 saturated heterocycles. The molecule has 0 aromatic carbocycles. The molecule has 1 atom stereocenters. The zero-order valence-electron chi connectivity index (χ0n) is 12.4. The van der Waals surface area contributed by atoms with Crippen LogP contribution >= 0.6 is 0 Å². The molecule has 0 saturated carbocycles. The average molecular weight is 288 g/mol. The summed E-state index contributed by atoms with van der Waals surface area (Å²) in [6.45, 7) is 5.38. The Morgan fingerprint density at radius 2 is 2.33 bits per heavy atom. The van der Waals surface area contributed by atoms with Crippen LogP contribution in [0.4, 0.5) is 0 Å². The van der Waals surface area contributed by atoms with Crippen molar-refractivity contribution < 1.29 is 4.79 Å². The molecule has 7 heteroatoms. The van der Waals surface area contributed by atoms with Gasteiger partial charge in [0.25, 0.3) is 5.91 Å². The molecule has 2 aromatic heterocycles. The molecule has 2 aromatic rings. The van der Waals surface area contributed by atoms with Gasteiger partial charge in [0, 0.05) is 19.3 Å². The van der Waals surface area contributed by atoms with Crippen molar-refractivity contribution in [2.75, 3.05) is 6.54 Å². The summed E-state index contributed by atoms with van der Waals surface area (Å²) in [6, 6.07) is -0.0406. The molecule has 0 unspecified atom stereocenters. The van der Waals surface area contributed by atoms with Gasteiger partial charge < -0.3 is 4.90 Å². The minimum atomic E-state index is -0.0406.